The molecule has 2 atom stereocenters. The summed E-state index contributed by atoms with van der Waals surface area (Å²) in [5.74, 6) is 0.690. The van der Waals surface area contributed by atoms with Crippen LogP contribution in [-0.2, 0) is 0 Å². The Labute approximate surface area is 92.1 Å². The van der Waals surface area contributed by atoms with Gasteiger partial charge in [0.15, 0.2) is 0 Å². The van der Waals surface area contributed by atoms with Gasteiger partial charge in [0.05, 0.1) is 0 Å². The summed E-state index contributed by atoms with van der Waals surface area (Å²) in [6, 6.07) is 11.4. The molecule has 2 nitrogen and oxygen atoms in total. The van der Waals surface area contributed by atoms with Crippen molar-refractivity contribution in [3.8, 4) is 0 Å². The van der Waals surface area contributed by atoms with E-state index in [1.807, 2.05) is 0 Å². The number of benzene rings is 1. The number of rotatable bonds is 2. The number of nitrogens with two attached hydrogens (primary N) is 1. The van der Waals surface area contributed by atoms with E-state index in [1.165, 1.54) is 18.4 Å². The first-order valence-electron chi connectivity index (χ1n) is 5.76. The largest absolute Gasteiger partial charge is 0.330 e. The van der Waals surface area contributed by atoms with Gasteiger partial charge in [-0.25, -0.2) is 0 Å². The van der Waals surface area contributed by atoms with Crippen molar-refractivity contribution in [3.63, 3.8) is 0 Å². The molecule has 0 radical (unpaired) electrons. The Kier molecular flexibility index (Phi) is 3.39. The number of nitrogens with zero attached hydrogens (tertiary/aromatic N) is 1. The lowest BCUT2D eigenvalue weighted by Crippen LogP contribution is -2.38. The quantitative estimate of drug-likeness (QED) is 0.798. The minimum atomic E-state index is 0.592. The molecule has 0 aliphatic carbocycles. The van der Waals surface area contributed by atoms with Crippen LogP contribution in [0.3, 0.4) is 0 Å². The lowest BCUT2D eigenvalue weighted by molar-refractivity contribution is 0.141. The first-order chi connectivity index (χ1) is 7.31. The van der Waals surface area contributed by atoms with Crippen molar-refractivity contribution < 1.29 is 0 Å². The summed E-state index contributed by atoms with van der Waals surface area (Å²) in [6.45, 7) is 1.96. The third-order valence-corrected chi connectivity index (χ3v) is 3.44. The van der Waals surface area contributed by atoms with Crippen molar-refractivity contribution in [1.82, 2.24) is 4.90 Å². The Morgan fingerprint density at radius 3 is 2.60 bits per heavy atom. The van der Waals surface area contributed by atoms with E-state index in [1.54, 1.807) is 0 Å². The maximum atomic E-state index is 5.72. The van der Waals surface area contributed by atoms with E-state index in [-0.39, 0.29) is 0 Å². The second-order valence-electron chi connectivity index (χ2n) is 4.55. The summed E-state index contributed by atoms with van der Waals surface area (Å²) in [6.07, 6.45) is 2.50. The molecule has 0 spiro atoms. The highest BCUT2D eigenvalue weighted by Gasteiger charge is 2.25. The summed E-state index contributed by atoms with van der Waals surface area (Å²) in [5.41, 5.74) is 7.16. The number of likely N-dealkylation sites (tertiary alicyclic amines) is 1. The summed E-state index contributed by atoms with van der Waals surface area (Å²) < 4.78 is 0. The van der Waals surface area contributed by atoms with Gasteiger partial charge in [0.1, 0.15) is 0 Å². The molecule has 1 aliphatic rings. The molecule has 1 aromatic rings. The highest BCUT2D eigenvalue weighted by molar-refractivity contribution is 5.19. The monoisotopic (exact) mass is 204 g/mol. The van der Waals surface area contributed by atoms with Gasteiger partial charge in [-0.1, -0.05) is 30.3 Å². The molecular weight excluding hydrogens is 184 g/mol. The predicted molar refractivity (Wildman–Crippen MR) is 63.6 cm³/mol. The van der Waals surface area contributed by atoms with Gasteiger partial charge in [0.25, 0.3) is 0 Å². The summed E-state index contributed by atoms with van der Waals surface area (Å²) in [5, 5.41) is 0. The van der Waals surface area contributed by atoms with Crippen LogP contribution in [0.1, 0.15) is 24.4 Å². The number of hydrogen-bond donors (Lipinski definition) is 1. The van der Waals surface area contributed by atoms with Crippen LogP contribution in [0, 0.1) is 5.92 Å². The molecule has 0 amide bonds. The van der Waals surface area contributed by atoms with Gasteiger partial charge in [0, 0.05) is 12.6 Å². The van der Waals surface area contributed by atoms with Crippen molar-refractivity contribution in [2.75, 3.05) is 20.1 Å². The van der Waals surface area contributed by atoms with Crippen LogP contribution in [0.5, 0.6) is 0 Å². The zero-order valence-corrected chi connectivity index (χ0v) is 9.39. The molecule has 1 aromatic carbocycles. The third-order valence-electron chi connectivity index (χ3n) is 3.44. The molecule has 1 aliphatic heterocycles. The Hall–Kier alpha value is -0.860. The first kappa shape index (κ1) is 10.7. The van der Waals surface area contributed by atoms with E-state index in [2.05, 4.69) is 42.3 Å². The molecular formula is C13H20N2. The normalized spacial score (nSPS) is 27.9. The average Bonchev–Trinajstić information content (AvgIpc) is 2.30. The lowest BCUT2D eigenvalue weighted by Gasteiger charge is -2.37. The summed E-state index contributed by atoms with van der Waals surface area (Å²) in [7, 11) is 2.21. The molecule has 0 bridgehead atoms. The average molecular weight is 204 g/mol. The SMILES string of the molecule is CN1CC(CN)CCC1c1ccccc1. The van der Waals surface area contributed by atoms with Crippen LogP contribution in [0.15, 0.2) is 30.3 Å². The van der Waals surface area contributed by atoms with Crippen molar-refractivity contribution in [2.24, 2.45) is 11.7 Å². The van der Waals surface area contributed by atoms with Crippen LogP contribution in [0.25, 0.3) is 0 Å². The Bertz CT molecular complexity index is 297. The maximum absolute atomic E-state index is 5.72. The van der Waals surface area contributed by atoms with Gasteiger partial charge in [-0.3, -0.25) is 4.90 Å². The van der Waals surface area contributed by atoms with Gasteiger partial charge in [-0.2, -0.15) is 0 Å². The van der Waals surface area contributed by atoms with Crippen LogP contribution >= 0.6 is 0 Å². The topological polar surface area (TPSA) is 29.3 Å². The molecule has 2 heteroatoms. The minimum absolute atomic E-state index is 0.592. The van der Waals surface area contributed by atoms with Gasteiger partial charge in [0.2, 0.25) is 0 Å². The zero-order chi connectivity index (χ0) is 10.7. The first-order valence-corrected chi connectivity index (χ1v) is 5.76. The highest BCUT2D eigenvalue weighted by Crippen LogP contribution is 2.31. The van der Waals surface area contributed by atoms with Gasteiger partial charge < -0.3 is 5.73 Å². The molecule has 15 heavy (non-hydrogen) atoms. The van der Waals surface area contributed by atoms with E-state index in [9.17, 15) is 0 Å². The van der Waals surface area contributed by atoms with Crippen molar-refractivity contribution in [1.29, 1.82) is 0 Å². The fourth-order valence-electron chi connectivity index (χ4n) is 2.53. The molecule has 1 saturated heterocycles. The Morgan fingerprint density at radius 1 is 1.27 bits per heavy atom. The van der Waals surface area contributed by atoms with E-state index in [4.69, 9.17) is 5.73 Å². The molecule has 1 heterocycles. The van der Waals surface area contributed by atoms with E-state index in [0.29, 0.717) is 12.0 Å². The number of piperidine rings is 1. The molecule has 0 saturated carbocycles. The Balaban J connectivity index is 2.06. The van der Waals surface area contributed by atoms with Crippen LogP contribution in [0.4, 0.5) is 0 Å². The van der Waals surface area contributed by atoms with Gasteiger partial charge in [-0.05, 0) is 37.9 Å². The predicted octanol–water partition coefficient (Wildman–Crippen LogP) is 2.03. The van der Waals surface area contributed by atoms with Crippen LogP contribution in [-0.4, -0.2) is 25.0 Å². The summed E-state index contributed by atoms with van der Waals surface area (Å²) >= 11 is 0. The fraction of sp³-hybridized carbons (Fsp3) is 0.538. The molecule has 2 rings (SSSR count). The zero-order valence-electron chi connectivity index (χ0n) is 9.39. The second kappa shape index (κ2) is 4.77. The molecule has 1 fully saturated rings. The van der Waals surface area contributed by atoms with E-state index >= 15 is 0 Å². The van der Waals surface area contributed by atoms with Crippen molar-refractivity contribution >= 4 is 0 Å². The minimum Gasteiger partial charge on any atom is -0.330 e. The van der Waals surface area contributed by atoms with Crippen LogP contribution < -0.4 is 5.73 Å². The summed E-state index contributed by atoms with van der Waals surface area (Å²) in [4.78, 5) is 2.44. The molecule has 82 valence electrons. The van der Waals surface area contributed by atoms with E-state index in [0.717, 1.165) is 13.1 Å². The fourth-order valence-corrected chi connectivity index (χ4v) is 2.53. The van der Waals surface area contributed by atoms with Gasteiger partial charge in [-0.15, -0.1) is 0 Å². The standard InChI is InChI=1S/C13H20N2/c1-15-10-11(9-14)7-8-13(15)12-5-3-2-4-6-12/h2-6,11,13H,7-10,14H2,1H3. The third kappa shape index (κ3) is 2.39. The van der Waals surface area contributed by atoms with Crippen molar-refractivity contribution in [3.05, 3.63) is 35.9 Å². The highest BCUT2D eigenvalue weighted by atomic mass is 15.1. The van der Waals surface area contributed by atoms with Gasteiger partial charge >= 0.3 is 0 Å². The Morgan fingerprint density at radius 2 is 2.00 bits per heavy atom. The molecule has 2 N–H and O–H groups in total. The van der Waals surface area contributed by atoms with Crippen molar-refractivity contribution in [2.45, 2.75) is 18.9 Å². The van der Waals surface area contributed by atoms with E-state index < -0.39 is 0 Å². The number of hydrogen-bond acceptors (Lipinski definition) is 2. The maximum Gasteiger partial charge on any atom is 0.0345 e. The molecule has 2 unspecified atom stereocenters. The molecule has 0 aromatic heterocycles. The smallest absolute Gasteiger partial charge is 0.0345 e. The lowest BCUT2D eigenvalue weighted by atomic mass is 9.89. The van der Waals surface area contributed by atoms with Crippen LogP contribution in [0.2, 0.25) is 0 Å². The second-order valence-corrected chi connectivity index (χ2v) is 4.55.